The summed E-state index contributed by atoms with van der Waals surface area (Å²) in [7, 11) is 0. The number of ether oxygens (including phenoxy) is 1. The SMILES string of the molecule is CC1=C(C(=O)OC2CCCCC2)[C@H](c2ccc(Cl)c(Cl)c2)C2=C(C[C@H](c3ccc(Cl)cc3)CC2=O)N1. The maximum Gasteiger partial charge on any atom is 0.337 e. The van der Waals surface area contributed by atoms with Crippen LogP contribution in [0, 0.1) is 0 Å². The first-order chi connectivity index (χ1) is 17.3. The van der Waals surface area contributed by atoms with Crippen molar-refractivity contribution in [3.8, 4) is 0 Å². The molecule has 3 aliphatic rings. The van der Waals surface area contributed by atoms with Gasteiger partial charge in [0.05, 0.1) is 15.6 Å². The molecule has 7 heteroatoms. The van der Waals surface area contributed by atoms with Crippen molar-refractivity contribution in [1.29, 1.82) is 0 Å². The summed E-state index contributed by atoms with van der Waals surface area (Å²) in [6.45, 7) is 1.88. The number of esters is 1. The monoisotopic (exact) mass is 543 g/mol. The van der Waals surface area contributed by atoms with Crippen LogP contribution in [0.25, 0.3) is 0 Å². The quantitative estimate of drug-likeness (QED) is 0.398. The third-order valence-corrected chi connectivity index (χ3v) is 8.48. The number of benzene rings is 2. The van der Waals surface area contributed by atoms with E-state index in [1.165, 1.54) is 6.42 Å². The Labute approximate surface area is 226 Å². The third-order valence-electron chi connectivity index (χ3n) is 7.49. The highest BCUT2D eigenvalue weighted by Gasteiger charge is 2.42. The Morgan fingerprint density at radius 1 is 0.917 bits per heavy atom. The lowest BCUT2D eigenvalue weighted by atomic mass is 9.71. The molecule has 0 saturated heterocycles. The molecule has 0 aromatic heterocycles. The highest BCUT2D eigenvalue weighted by molar-refractivity contribution is 6.42. The largest absolute Gasteiger partial charge is 0.459 e. The van der Waals surface area contributed by atoms with E-state index in [2.05, 4.69) is 5.32 Å². The van der Waals surface area contributed by atoms with Gasteiger partial charge in [-0.25, -0.2) is 4.79 Å². The van der Waals surface area contributed by atoms with E-state index in [9.17, 15) is 9.59 Å². The summed E-state index contributed by atoms with van der Waals surface area (Å²) in [6, 6.07) is 13.0. The standard InChI is InChI=1S/C29H28Cl3NO3/c1-16-26(29(35)36-21-5-3-2-4-6-21)27(18-9-12-22(31)23(32)13-18)28-24(33-16)14-19(15-25(28)34)17-7-10-20(30)11-8-17/h7-13,19,21,27,33H,2-6,14-15H2,1H3/t19-,27-/m0/s1. The topological polar surface area (TPSA) is 55.4 Å². The van der Waals surface area contributed by atoms with Crippen molar-refractivity contribution in [1.82, 2.24) is 5.32 Å². The average Bonchev–Trinajstić information content (AvgIpc) is 2.85. The van der Waals surface area contributed by atoms with Crippen LogP contribution in [0.3, 0.4) is 0 Å². The number of ketones is 1. The van der Waals surface area contributed by atoms with Crippen molar-refractivity contribution in [3.63, 3.8) is 0 Å². The van der Waals surface area contributed by atoms with Gasteiger partial charge in [0.1, 0.15) is 6.10 Å². The van der Waals surface area contributed by atoms with E-state index in [1.54, 1.807) is 12.1 Å². The van der Waals surface area contributed by atoms with Gasteiger partial charge in [0.25, 0.3) is 0 Å². The Bertz CT molecular complexity index is 1260. The van der Waals surface area contributed by atoms with Gasteiger partial charge in [0, 0.05) is 34.3 Å². The number of Topliss-reactive ketones (excluding diaryl/α,β-unsaturated/α-hetero) is 1. The molecule has 36 heavy (non-hydrogen) atoms. The first kappa shape index (κ1) is 25.4. The molecule has 1 saturated carbocycles. The molecule has 5 rings (SSSR count). The van der Waals surface area contributed by atoms with E-state index in [0.29, 0.717) is 44.8 Å². The molecule has 0 radical (unpaired) electrons. The molecule has 1 fully saturated rings. The number of dihydropyridines is 1. The van der Waals surface area contributed by atoms with Crippen molar-refractivity contribution < 1.29 is 14.3 Å². The molecule has 0 bridgehead atoms. The minimum absolute atomic E-state index is 0.00948. The Kier molecular flexibility index (Phi) is 7.48. The van der Waals surface area contributed by atoms with Gasteiger partial charge in [-0.3, -0.25) is 4.79 Å². The zero-order valence-corrected chi connectivity index (χ0v) is 22.3. The minimum atomic E-state index is -0.564. The van der Waals surface area contributed by atoms with Crippen LogP contribution in [0.5, 0.6) is 0 Å². The molecule has 1 aliphatic heterocycles. The van der Waals surface area contributed by atoms with E-state index in [4.69, 9.17) is 39.5 Å². The van der Waals surface area contributed by atoms with Crippen molar-refractivity contribution in [3.05, 3.63) is 91.2 Å². The maximum atomic E-state index is 13.7. The Balaban J connectivity index is 1.54. The van der Waals surface area contributed by atoms with Crippen LogP contribution in [0.1, 0.15) is 74.8 Å². The zero-order chi connectivity index (χ0) is 25.4. The predicted octanol–water partition coefficient (Wildman–Crippen LogP) is 7.88. The van der Waals surface area contributed by atoms with Gasteiger partial charge in [-0.15, -0.1) is 0 Å². The second kappa shape index (κ2) is 10.6. The van der Waals surface area contributed by atoms with Gasteiger partial charge < -0.3 is 10.1 Å². The fourth-order valence-electron chi connectivity index (χ4n) is 5.70. The molecule has 188 valence electrons. The van der Waals surface area contributed by atoms with Crippen LogP contribution in [0.4, 0.5) is 0 Å². The lowest BCUT2D eigenvalue weighted by Crippen LogP contribution is -2.37. The fraction of sp³-hybridized carbons (Fsp3) is 0.379. The summed E-state index contributed by atoms with van der Waals surface area (Å²) >= 11 is 18.7. The molecule has 2 aliphatic carbocycles. The van der Waals surface area contributed by atoms with Crippen LogP contribution in [-0.4, -0.2) is 17.9 Å². The second-order valence-electron chi connectivity index (χ2n) is 9.91. The van der Waals surface area contributed by atoms with E-state index < -0.39 is 5.92 Å². The highest BCUT2D eigenvalue weighted by atomic mass is 35.5. The number of allylic oxidation sites excluding steroid dienone is 3. The normalized spacial score (nSPS) is 22.8. The molecule has 2 aromatic rings. The van der Waals surface area contributed by atoms with Crippen LogP contribution < -0.4 is 5.32 Å². The third kappa shape index (κ3) is 5.09. The van der Waals surface area contributed by atoms with Gasteiger partial charge in [-0.05, 0) is 80.3 Å². The number of carbonyl (C=O) groups excluding carboxylic acids is 2. The highest BCUT2D eigenvalue weighted by Crippen LogP contribution is 2.46. The van der Waals surface area contributed by atoms with Crippen LogP contribution in [0.2, 0.25) is 15.1 Å². The lowest BCUT2D eigenvalue weighted by molar-refractivity contribution is -0.146. The molecule has 0 amide bonds. The summed E-state index contributed by atoms with van der Waals surface area (Å²) in [5.41, 5.74) is 4.45. The Morgan fingerprint density at radius 2 is 1.61 bits per heavy atom. The van der Waals surface area contributed by atoms with Crippen LogP contribution >= 0.6 is 34.8 Å². The van der Waals surface area contributed by atoms with E-state index >= 15 is 0 Å². The van der Waals surface area contributed by atoms with Gasteiger partial charge in [-0.2, -0.15) is 0 Å². The smallest absolute Gasteiger partial charge is 0.337 e. The minimum Gasteiger partial charge on any atom is -0.459 e. The molecular weight excluding hydrogens is 517 g/mol. The number of hydrogen-bond donors (Lipinski definition) is 1. The number of hydrogen-bond acceptors (Lipinski definition) is 4. The number of halogens is 3. The molecule has 2 aromatic carbocycles. The predicted molar refractivity (Wildman–Crippen MR) is 143 cm³/mol. The molecule has 0 unspecified atom stereocenters. The molecule has 1 N–H and O–H groups in total. The molecule has 0 spiro atoms. The van der Waals surface area contributed by atoms with Crippen LogP contribution in [0.15, 0.2) is 65.0 Å². The summed E-state index contributed by atoms with van der Waals surface area (Å²) < 4.78 is 5.98. The molecule has 4 nitrogen and oxygen atoms in total. The van der Waals surface area contributed by atoms with E-state index in [0.717, 1.165) is 42.5 Å². The van der Waals surface area contributed by atoms with Crippen molar-refractivity contribution in [2.45, 2.75) is 69.8 Å². The van der Waals surface area contributed by atoms with E-state index in [1.807, 2.05) is 37.3 Å². The Morgan fingerprint density at radius 3 is 2.31 bits per heavy atom. The van der Waals surface area contributed by atoms with Crippen molar-refractivity contribution in [2.24, 2.45) is 0 Å². The summed E-state index contributed by atoms with van der Waals surface area (Å²) in [4.78, 5) is 27.3. The van der Waals surface area contributed by atoms with Crippen LogP contribution in [-0.2, 0) is 14.3 Å². The number of nitrogens with one attached hydrogen (secondary N) is 1. The van der Waals surface area contributed by atoms with Gasteiger partial charge in [-0.1, -0.05) is 59.4 Å². The lowest BCUT2D eigenvalue weighted by Gasteiger charge is -2.37. The maximum absolute atomic E-state index is 13.7. The molecule has 1 heterocycles. The zero-order valence-electron chi connectivity index (χ0n) is 20.1. The van der Waals surface area contributed by atoms with Gasteiger partial charge in [0.2, 0.25) is 0 Å². The molecular formula is C29H28Cl3NO3. The van der Waals surface area contributed by atoms with Crippen molar-refractivity contribution in [2.75, 3.05) is 0 Å². The van der Waals surface area contributed by atoms with Gasteiger partial charge >= 0.3 is 5.97 Å². The van der Waals surface area contributed by atoms with Gasteiger partial charge in [0.15, 0.2) is 5.78 Å². The van der Waals surface area contributed by atoms with E-state index in [-0.39, 0.29) is 23.8 Å². The van der Waals surface area contributed by atoms with Crippen molar-refractivity contribution >= 4 is 46.6 Å². The first-order valence-corrected chi connectivity index (χ1v) is 13.6. The molecule has 2 atom stereocenters. The second-order valence-corrected chi connectivity index (χ2v) is 11.2. The average molecular weight is 545 g/mol. The summed E-state index contributed by atoms with van der Waals surface area (Å²) in [6.07, 6.45) is 5.95. The first-order valence-electron chi connectivity index (χ1n) is 12.5. The summed E-state index contributed by atoms with van der Waals surface area (Å²) in [5, 5.41) is 4.88. The summed E-state index contributed by atoms with van der Waals surface area (Å²) in [5.74, 6) is -0.901. The number of rotatable bonds is 4. The fourth-order valence-corrected chi connectivity index (χ4v) is 6.14. The Hall–Kier alpha value is -2.27. The number of carbonyl (C=O) groups is 2.